The summed E-state index contributed by atoms with van der Waals surface area (Å²) < 4.78 is 0.778. The number of hydrogen-bond acceptors (Lipinski definition) is 2. The van der Waals surface area contributed by atoms with Gasteiger partial charge in [-0.05, 0) is 28.5 Å². The number of fused-ring (bicyclic) bond motifs is 1. The summed E-state index contributed by atoms with van der Waals surface area (Å²) in [4.78, 5) is 1.09. The molecule has 1 atom stereocenters. The molecule has 0 saturated carbocycles. The van der Waals surface area contributed by atoms with Crippen molar-refractivity contribution in [2.45, 2.75) is 6.04 Å². The van der Waals surface area contributed by atoms with E-state index >= 15 is 0 Å². The van der Waals surface area contributed by atoms with E-state index in [0.717, 1.165) is 14.8 Å². The zero-order valence-corrected chi connectivity index (χ0v) is 11.2. The van der Waals surface area contributed by atoms with E-state index in [4.69, 9.17) is 17.3 Å². The normalized spacial score (nSPS) is 12.8. The van der Waals surface area contributed by atoms with E-state index in [2.05, 4.69) is 24.3 Å². The van der Waals surface area contributed by atoms with Gasteiger partial charge >= 0.3 is 0 Å². The van der Waals surface area contributed by atoms with Crippen LogP contribution in [0.1, 0.15) is 16.5 Å². The molecule has 1 nitrogen and oxygen atoms in total. The molecule has 1 heterocycles. The zero-order chi connectivity index (χ0) is 12.5. The van der Waals surface area contributed by atoms with Crippen LogP contribution in [0.15, 0.2) is 54.6 Å². The zero-order valence-electron chi connectivity index (χ0n) is 9.64. The Morgan fingerprint density at radius 2 is 1.72 bits per heavy atom. The maximum Gasteiger partial charge on any atom is 0.0931 e. The van der Waals surface area contributed by atoms with Gasteiger partial charge in [0.25, 0.3) is 0 Å². The predicted molar refractivity (Wildman–Crippen MR) is 79.3 cm³/mol. The summed E-state index contributed by atoms with van der Waals surface area (Å²) in [6.07, 6.45) is 0. The number of rotatable bonds is 2. The van der Waals surface area contributed by atoms with E-state index in [1.807, 2.05) is 30.3 Å². The van der Waals surface area contributed by atoms with Crippen molar-refractivity contribution in [3.63, 3.8) is 0 Å². The SMILES string of the molecule is NC(c1ccc(Cl)s1)c1cccc2ccccc12. The number of thiophene rings is 1. The van der Waals surface area contributed by atoms with E-state index in [1.54, 1.807) is 0 Å². The van der Waals surface area contributed by atoms with Crippen LogP contribution < -0.4 is 5.73 Å². The average molecular weight is 274 g/mol. The fourth-order valence-corrected chi connectivity index (χ4v) is 3.25. The number of hydrogen-bond donors (Lipinski definition) is 1. The largest absolute Gasteiger partial charge is 0.320 e. The number of benzene rings is 2. The van der Waals surface area contributed by atoms with Gasteiger partial charge in [0, 0.05) is 4.88 Å². The summed E-state index contributed by atoms with van der Waals surface area (Å²) in [6, 6.07) is 18.3. The van der Waals surface area contributed by atoms with Gasteiger partial charge in [-0.25, -0.2) is 0 Å². The predicted octanol–water partition coefficient (Wildman–Crippen LogP) is 4.60. The minimum atomic E-state index is -0.117. The van der Waals surface area contributed by atoms with Crippen LogP contribution in [0.4, 0.5) is 0 Å². The highest BCUT2D eigenvalue weighted by Crippen LogP contribution is 2.32. The molecule has 3 aromatic rings. The van der Waals surface area contributed by atoms with Gasteiger partial charge in [0.2, 0.25) is 0 Å². The molecule has 2 N–H and O–H groups in total. The highest BCUT2D eigenvalue weighted by molar-refractivity contribution is 7.16. The number of halogens is 1. The van der Waals surface area contributed by atoms with Crippen LogP contribution in [0, 0.1) is 0 Å². The van der Waals surface area contributed by atoms with Crippen LogP contribution in [0.2, 0.25) is 4.34 Å². The van der Waals surface area contributed by atoms with Gasteiger partial charge in [-0.2, -0.15) is 0 Å². The third-order valence-electron chi connectivity index (χ3n) is 3.06. The molecule has 0 bridgehead atoms. The van der Waals surface area contributed by atoms with Gasteiger partial charge in [-0.15, -0.1) is 11.3 Å². The standard InChI is InChI=1S/C15H12ClNS/c16-14-9-8-13(18-14)15(17)12-7-3-5-10-4-1-2-6-11(10)12/h1-9,15H,17H2. The Hall–Kier alpha value is -1.35. The molecule has 0 aliphatic rings. The molecule has 2 aromatic carbocycles. The van der Waals surface area contributed by atoms with Crippen molar-refractivity contribution in [3.05, 3.63) is 69.4 Å². The van der Waals surface area contributed by atoms with Crippen molar-refractivity contribution in [2.24, 2.45) is 5.73 Å². The summed E-state index contributed by atoms with van der Waals surface area (Å²) in [6.45, 7) is 0. The highest BCUT2D eigenvalue weighted by Gasteiger charge is 2.13. The topological polar surface area (TPSA) is 26.0 Å². The molecule has 0 saturated heterocycles. The van der Waals surface area contributed by atoms with Gasteiger partial charge in [0.05, 0.1) is 10.4 Å². The second-order valence-corrected chi connectivity index (χ2v) is 5.93. The average Bonchev–Trinajstić information content (AvgIpc) is 2.84. The van der Waals surface area contributed by atoms with Gasteiger partial charge < -0.3 is 5.73 Å². The van der Waals surface area contributed by atoms with Crippen LogP contribution in [-0.4, -0.2) is 0 Å². The third-order valence-corrected chi connectivity index (χ3v) is 4.37. The van der Waals surface area contributed by atoms with Crippen molar-refractivity contribution < 1.29 is 0 Å². The minimum Gasteiger partial charge on any atom is -0.320 e. The quantitative estimate of drug-likeness (QED) is 0.725. The first-order valence-electron chi connectivity index (χ1n) is 5.74. The van der Waals surface area contributed by atoms with E-state index in [-0.39, 0.29) is 6.04 Å². The monoisotopic (exact) mass is 273 g/mol. The van der Waals surface area contributed by atoms with E-state index < -0.39 is 0 Å². The lowest BCUT2D eigenvalue weighted by Gasteiger charge is -2.13. The molecule has 90 valence electrons. The van der Waals surface area contributed by atoms with E-state index in [0.29, 0.717) is 0 Å². The van der Waals surface area contributed by atoms with Gasteiger partial charge in [-0.1, -0.05) is 54.1 Å². The lowest BCUT2D eigenvalue weighted by Crippen LogP contribution is -2.10. The molecule has 0 spiro atoms. The van der Waals surface area contributed by atoms with Crippen LogP contribution in [0.3, 0.4) is 0 Å². The van der Waals surface area contributed by atoms with Crippen LogP contribution >= 0.6 is 22.9 Å². The first-order valence-corrected chi connectivity index (χ1v) is 6.93. The van der Waals surface area contributed by atoms with Crippen molar-refractivity contribution in [2.75, 3.05) is 0 Å². The van der Waals surface area contributed by atoms with E-state index in [9.17, 15) is 0 Å². The molecule has 0 radical (unpaired) electrons. The fraction of sp³-hybridized carbons (Fsp3) is 0.0667. The second kappa shape index (κ2) is 4.73. The molecule has 0 amide bonds. The molecule has 1 aromatic heterocycles. The van der Waals surface area contributed by atoms with Crippen molar-refractivity contribution in [3.8, 4) is 0 Å². The molecule has 3 rings (SSSR count). The Kier molecular flexibility index (Phi) is 3.08. The smallest absolute Gasteiger partial charge is 0.0931 e. The molecule has 18 heavy (non-hydrogen) atoms. The van der Waals surface area contributed by atoms with Crippen molar-refractivity contribution in [1.82, 2.24) is 0 Å². The minimum absolute atomic E-state index is 0.117. The molecular weight excluding hydrogens is 262 g/mol. The van der Waals surface area contributed by atoms with Crippen LogP contribution in [-0.2, 0) is 0 Å². The first-order chi connectivity index (χ1) is 8.75. The van der Waals surface area contributed by atoms with Crippen LogP contribution in [0.25, 0.3) is 10.8 Å². The molecule has 0 aliphatic heterocycles. The van der Waals surface area contributed by atoms with Crippen molar-refractivity contribution >= 4 is 33.7 Å². The highest BCUT2D eigenvalue weighted by atomic mass is 35.5. The number of nitrogens with two attached hydrogens (primary N) is 1. The molecule has 0 fully saturated rings. The summed E-state index contributed by atoms with van der Waals surface area (Å²) in [5, 5.41) is 2.42. The second-order valence-electron chi connectivity index (χ2n) is 4.19. The molecule has 3 heteroatoms. The van der Waals surface area contributed by atoms with Gasteiger partial charge in [-0.3, -0.25) is 0 Å². The Balaban J connectivity index is 2.14. The van der Waals surface area contributed by atoms with Crippen LogP contribution in [0.5, 0.6) is 0 Å². The Morgan fingerprint density at radius 3 is 2.50 bits per heavy atom. The molecule has 1 unspecified atom stereocenters. The first kappa shape index (κ1) is 11.7. The Morgan fingerprint density at radius 1 is 0.944 bits per heavy atom. The Labute approximate surface area is 115 Å². The lowest BCUT2D eigenvalue weighted by atomic mass is 9.98. The fourth-order valence-electron chi connectivity index (χ4n) is 2.17. The molecule has 0 aliphatic carbocycles. The third kappa shape index (κ3) is 2.03. The van der Waals surface area contributed by atoms with Crippen molar-refractivity contribution in [1.29, 1.82) is 0 Å². The lowest BCUT2D eigenvalue weighted by molar-refractivity contribution is 0.903. The summed E-state index contributed by atoms with van der Waals surface area (Å²) in [5.41, 5.74) is 7.49. The maximum atomic E-state index is 6.35. The summed E-state index contributed by atoms with van der Waals surface area (Å²) >= 11 is 7.51. The molecular formula is C15H12ClNS. The maximum absolute atomic E-state index is 6.35. The van der Waals surface area contributed by atoms with E-state index in [1.165, 1.54) is 22.1 Å². The van der Waals surface area contributed by atoms with Gasteiger partial charge in [0.1, 0.15) is 0 Å². The van der Waals surface area contributed by atoms with Gasteiger partial charge in [0.15, 0.2) is 0 Å². The Bertz CT molecular complexity index is 684. The summed E-state index contributed by atoms with van der Waals surface area (Å²) in [5.74, 6) is 0. The summed E-state index contributed by atoms with van der Waals surface area (Å²) in [7, 11) is 0.